The molecule has 5 heteroatoms. The second-order valence-corrected chi connectivity index (χ2v) is 4.77. The van der Waals surface area contributed by atoms with E-state index in [0.29, 0.717) is 6.61 Å². The minimum absolute atomic E-state index is 0.166. The molecule has 92 valence electrons. The lowest BCUT2D eigenvalue weighted by atomic mass is 10.2. The predicted octanol–water partition coefficient (Wildman–Crippen LogP) is 2.35. The molecule has 0 saturated carbocycles. The van der Waals surface area contributed by atoms with Crippen molar-refractivity contribution in [3.8, 4) is 0 Å². The Kier molecular flexibility index (Phi) is 5.44. The number of hydrogen-bond donors (Lipinski definition) is 1. The van der Waals surface area contributed by atoms with Crippen LogP contribution in [0.5, 0.6) is 0 Å². The number of nitrogens with one attached hydrogen (secondary N) is 1. The Morgan fingerprint density at radius 2 is 2.25 bits per heavy atom. The van der Waals surface area contributed by atoms with Gasteiger partial charge in [-0.15, -0.1) is 0 Å². The van der Waals surface area contributed by atoms with Crippen molar-refractivity contribution in [3.63, 3.8) is 0 Å². The molecule has 0 aliphatic carbocycles. The molecule has 1 aromatic heterocycles. The molecule has 0 bridgehead atoms. The first kappa shape index (κ1) is 13.7. The highest BCUT2D eigenvalue weighted by atomic mass is 79.9. The van der Waals surface area contributed by atoms with E-state index >= 15 is 0 Å². The van der Waals surface area contributed by atoms with Crippen LogP contribution in [0.25, 0.3) is 0 Å². The van der Waals surface area contributed by atoms with Crippen molar-refractivity contribution >= 4 is 15.9 Å². The molecule has 4 nitrogen and oxygen atoms in total. The maximum Gasteiger partial charge on any atom is 0.0738 e. The van der Waals surface area contributed by atoms with Gasteiger partial charge in [0.05, 0.1) is 35.1 Å². The van der Waals surface area contributed by atoms with Crippen LogP contribution in [0.4, 0.5) is 0 Å². The highest BCUT2D eigenvalue weighted by Crippen LogP contribution is 2.23. The number of ether oxygens (including phenoxy) is 1. The fourth-order valence-electron chi connectivity index (χ4n) is 1.56. The molecule has 0 fully saturated rings. The Morgan fingerprint density at radius 1 is 1.56 bits per heavy atom. The van der Waals surface area contributed by atoms with Crippen molar-refractivity contribution < 1.29 is 4.74 Å². The molecule has 1 rings (SSSR count). The number of halogens is 1. The van der Waals surface area contributed by atoms with Crippen molar-refractivity contribution in [2.45, 2.75) is 39.5 Å². The molecule has 1 heterocycles. The summed E-state index contributed by atoms with van der Waals surface area (Å²) in [7, 11) is 1.94. The molecular formula is C11H20BrN3O. The van der Waals surface area contributed by atoms with Crippen molar-refractivity contribution in [1.29, 1.82) is 0 Å². The first-order valence-corrected chi connectivity index (χ1v) is 6.39. The summed E-state index contributed by atoms with van der Waals surface area (Å²) < 4.78 is 8.66. The van der Waals surface area contributed by atoms with E-state index in [1.165, 1.54) is 0 Å². The molecule has 1 atom stereocenters. The van der Waals surface area contributed by atoms with E-state index in [0.717, 1.165) is 16.7 Å². The van der Waals surface area contributed by atoms with Crippen molar-refractivity contribution in [3.05, 3.63) is 16.4 Å². The van der Waals surface area contributed by atoms with E-state index in [-0.39, 0.29) is 12.1 Å². The number of aryl methyl sites for hydroxylation is 1. The van der Waals surface area contributed by atoms with Gasteiger partial charge in [-0.05, 0) is 43.7 Å². The SMILES string of the molecule is CCn1ncc(Br)c1C(COC(C)C)NC. The second kappa shape index (κ2) is 6.37. The molecule has 0 aromatic carbocycles. The first-order chi connectivity index (χ1) is 7.60. The monoisotopic (exact) mass is 289 g/mol. The molecule has 1 aromatic rings. The van der Waals surface area contributed by atoms with E-state index in [4.69, 9.17) is 4.74 Å². The van der Waals surface area contributed by atoms with Gasteiger partial charge < -0.3 is 10.1 Å². The lowest BCUT2D eigenvalue weighted by Crippen LogP contribution is -2.26. The third-order valence-electron chi connectivity index (χ3n) is 2.41. The summed E-state index contributed by atoms with van der Waals surface area (Å²) in [5, 5.41) is 7.56. The Morgan fingerprint density at radius 3 is 2.75 bits per heavy atom. The number of aromatic nitrogens is 2. The number of rotatable bonds is 6. The first-order valence-electron chi connectivity index (χ1n) is 5.60. The van der Waals surface area contributed by atoms with Crippen molar-refractivity contribution in [2.24, 2.45) is 0 Å². The standard InChI is InChI=1S/C11H20BrN3O/c1-5-15-11(9(12)6-14-15)10(13-4)7-16-8(2)3/h6,8,10,13H,5,7H2,1-4H3. The van der Waals surface area contributed by atoms with E-state index in [9.17, 15) is 0 Å². The van der Waals surface area contributed by atoms with Crippen LogP contribution in [0, 0.1) is 0 Å². The summed E-state index contributed by atoms with van der Waals surface area (Å²) in [6, 6.07) is 0.166. The molecule has 0 radical (unpaired) electrons. The predicted molar refractivity (Wildman–Crippen MR) is 68.5 cm³/mol. The fourth-order valence-corrected chi connectivity index (χ4v) is 2.13. The highest BCUT2D eigenvalue weighted by Gasteiger charge is 2.18. The average Bonchev–Trinajstić information content (AvgIpc) is 2.61. The molecule has 0 amide bonds. The zero-order valence-electron chi connectivity index (χ0n) is 10.3. The van der Waals surface area contributed by atoms with Gasteiger partial charge in [0.1, 0.15) is 0 Å². The third kappa shape index (κ3) is 3.30. The van der Waals surface area contributed by atoms with Crippen molar-refractivity contribution in [1.82, 2.24) is 15.1 Å². The zero-order chi connectivity index (χ0) is 12.1. The topological polar surface area (TPSA) is 39.1 Å². The average molecular weight is 290 g/mol. The Balaban J connectivity index is 2.81. The van der Waals surface area contributed by atoms with Crippen LogP contribution < -0.4 is 5.32 Å². The maximum absolute atomic E-state index is 5.65. The van der Waals surface area contributed by atoms with E-state index < -0.39 is 0 Å². The van der Waals surface area contributed by atoms with E-state index in [1.807, 2.05) is 31.8 Å². The van der Waals surface area contributed by atoms with Gasteiger partial charge in [-0.3, -0.25) is 4.68 Å². The summed E-state index contributed by atoms with van der Waals surface area (Å²) in [5.41, 5.74) is 1.14. The minimum Gasteiger partial charge on any atom is -0.377 e. The Labute approximate surface area is 105 Å². The second-order valence-electron chi connectivity index (χ2n) is 3.92. The van der Waals surface area contributed by atoms with E-state index in [2.05, 4.69) is 33.3 Å². The fraction of sp³-hybridized carbons (Fsp3) is 0.727. The lowest BCUT2D eigenvalue weighted by molar-refractivity contribution is 0.0608. The molecule has 0 aliphatic heterocycles. The van der Waals surface area contributed by atoms with Gasteiger partial charge in [-0.2, -0.15) is 5.10 Å². The van der Waals surface area contributed by atoms with Crippen LogP contribution in [0.15, 0.2) is 10.7 Å². The van der Waals surface area contributed by atoms with Crippen LogP contribution in [0.3, 0.4) is 0 Å². The van der Waals surface area contributed by atoms with Gasteiger partial charge in [0, 0.05) is 6.54 Å². The van der Waals surface area contributed by atoms with Gasteiger partial charge in [-0.25, -0.2) is 0 Å². The molecule has 16 heavy (non-hydrogen) atoms. The molecular weight excluding hydrogens is 270 g/mol. The largest absolute Gasteiger partial charge is 0.377 e. The summed E-state index contributed by atoms with van der Waals surface area (Å²) in [6.45, 7) is 7.68. The lowest BCUT2D eigenvalue weighted by Gasteiger charge is -2.19. The third-order valence-corrected chi connectivity index (χ3v) is 3.02. The highest BCUT2D eigenvalue weighted by molar-refractivity contribution is 9.10. The minimum atomic E-state index is 0.166. The molecule has 1 unspecified atom stereocenters. The van der Waals surface area contributed by atoms with Crippen LogP contribution in [-0.4, -0.2) is 29.5 Å². The van der Waals surface area contributed by atoms with Crippen LogP contribution in [-0.2, 0) is 11.3 Å². The Bertz CT molecular complexity index is 325. The normalized spacial score (nSPS) is 13.4. The summed E-state index contributed by atoms with van der Waals surface area (Å²) >= 11 is 3.53. The number of likely N-dealkylation sites (N-methyl/N-ethyl adjacent to an activating group) is 1. The van der Waals surface area contributed by atoms with Gasteiger partial charge in [-0.1, -0.05) is 0 Å². The van der Waals surface area contributed by atoms with E-state index in [1.54, 1.807) is 0 Å². The molecule has 0 spiro atoms. The van der Waals surface area contributed by atoms with Gasteiger partial charge >= 0.3 is 0 Å². The molecule has 1 N–H and O–H groups in total. The smallest absolute Gasteiger partial charge is 0.0738 e. The Hall–Kier alpha value is -0.390. The van der Waals surface area contributed by atoms with Gasteiger partial charge in [0.15, 0.2) is 0 Å². The van der Waals surface area contributed by atoms with Gasteiger partial charge in [0.25, 0.3) is 0 Å². The number of nitrogens with zero attached hydrogens (tertiary/aromatic N) is 2. The quantitative estimate of drug-likeness (QED) is 0.874. The number of hydrogen-bond acceptors (Lipinski definition) is 3. The van der Waals surface area contributed by atoms with Gasteiger partial charge in [0.2, 0.25) is 0 Å². The zero-order valence-corrected chi connectivity index (χ0v) is 11.9. The van der Waals surface area contributed by atoms with Crippen LogP contribution in [0.1, 0.15) is 32.5 Å². The maximum atomic E-state index is 5.65. The molecule has 0 aliphatic rings. The summed E-state index contributed by atoms with van der Waals surface area (Å²) in [6.07, 6.45) is 2.08. The summed E-state index contributed by atoms with van der Waals surface area (Å²) in [4.78, 5) is 0. The summed E-state index contributed by atoms with van der Waals surface area (Å²) in [5.74, 6) is 0. The van der Waals surface area contributed by atoms with Crippen molar-refractivity contribution in [2.75, 3.05) is 13.7 Å². The van der Waals surface area contributed by atoms with Crippen LogP contribution in [0.2, 0.25) is 0 Å². The van der Waals surface area contributed by atoms with Crippen LogP contribution >= 0.6 is 15.9 Å². The molecule has 0 saturated heterocycles.